The van der Waals surface area contributed by atoms with Crippen molar-refractivity contribution in [2.75, 3.05) is 39.3 Å². The summed E-state index contributed by atoms with van der Waals surface area (Å²) in [7, 11) is 0. The average molecular weight is 374 g/mol. The predicted molar refractivity (Wildman–Crippen MR) is 91.9 cm³/mol. The highest BCUT2D eigenvalue weighted by molar-refractivity contribution is 9.11. The summed E-state index contributed by atoms with van der Waals surface area (Å²) in [5.74, 6) is 0.186. The molecule has 1 amide bonds. The third-order valence-electron chi connectivity index (χ3n) is 3.64. The Labute approximate surface area is 139 Å². The topological polar surface area (TPSA) is 44.4 Å². The van der Waals surface area contributed by atoms with Crippen LogP contribution >= 0.6 is 27.3 Å². The number of halogens is 1. The monoisotopic (exact) mass is 373 g/mol. The molecule has 0 aliphatic carbocycles. The van der Waals surface area contributed by atoms with E-state index in [0.29, 0.717) is 6.42 Å². The maximum Gasteiger partial charge on any atom is 0.220 e. The summed E-state index contributed by atoms with van der Waals surface area (Å²) in [6, 6.07) is 4.19. The zero-order valence-corrected chi connectivity index (χ0v) is 14.8. The molecule has 2 N–H and O–H groups in total. The second-order valence-corrected chi connectivity index (χ2v) is 7.90. The second kappa shape index (κ2) is 9.56. The predicted octanol–water partition coefficient (Wildman–Crippen LogP) is 2.24. The van der Waals surface area contributed by atoms with Gasteiger partial charge in [-0.1, -0.05) is 0 Å². The fourth-order valence-corrected chi connectivity index (χ4v) is 3.99. The molecule has 1 aromatic rings. The third-order valence-corrected chi connectivity index (χ3v) is 5.32. The normalized spacial score (nSPS) is 16.0. The van der Waals surface area contributed by atoms with Crippen LogP contribution in [0.25, 0.3) is 0 Å². The number of carbonyl (C=O) groups excluding carboxylic acids is 1. The number of amides is 1. The van der Waals surface area contributed by atoms with Gasteiger partial charge in [0.15, 0.2) is 0 Å². The maximum absolute atomic E-state index is 11.7. The summed E-state index contributed by atoms with van der Waals surface area (Å²) >= 11 is 5.21. The third kappa shape index (κ3) is 6.91. The quantitative estimate of drug-likeness (QED) is 0.686. The summed E-state index contributed by atoms with van der Waals surface area (Å²) in [5.41, 5.74) is 0. The van der Waals surface area contributed by atoms with Gasteiger partial charge in [0.05, 0.1) is 3.79 Å². The van der Waals surface area contributed by atoms with Gasteiger partial charge in [-0.15, -0.1) is 11.3 Å². The number of rotatable bonds is 8. The molecule has 0 atom stereocenters. The van der Waals surface area contributed by atoms with Gasteiger partial charge in [0.1, 0.15) is 0 Å². The summed E-state index contributed by atoms with van der Waals surface area (Å²) in [6.07, 6.45) is 3.59. The van der Waals surface area contributed by atoms with Crippen LogP contribution in [0.4, 0.5) is 0 Å². The zero-order chi connectivity index (χ0) is 14.9. The van der Waals surface area contributed by atoms with Gasteiger partial charge in [-0.25, -0.2) is 0 Å². The van der Waals surface area contributed by atoms with Crippen molar-refractivity contribution in [1.29, 1.82) is 0 Å². The summed E-state index contributed by atoms with van der Waals surface area (Å²) in [5, 5.41) is 6.37. The fraction of sp³-hybridized carbons (Fsp3) is 0.667. The first-order valence-corrected chi connectivity index (χ1v) is 9.29. The molecule has 1 fully saturated rings. The Balaban J connectivity index is 1.47. The standard InChI is InChI=1S/C15H24BrN3OS/c16-14-6-5-13(21-14)3-1-4-15(20)18-7-2-10-19-11-8-17-9-12-19/h5-6,17H,1-4,7-12H2,(H,18,20). The highest BCUT2D eigenvalue weighted by Crippen LogP contribution is 2.23. The zero-order valence-electron chi connectivity index (χ0n) is 12.4. The van der Waals surface area contributed by atoms with Crippen LogP contribution in [0, 0.1) is 0 Å². The first kappa shape index (κ1) is 16.9. The van der Waals surface area contributed by atoms with Crippen molar-refractivity contribution in [2.45, 2.75) is 25.7 Å². The van der Waals surface area contributed by atoms with Crippen molar-refractivity contribution in [2.24, 2.45) is 0 Å². The van der Waals surface area contributed by atoms with Gasteiger partial charge in [0.2, 0.25) is 5.91 Å². The van der Waals surface area contributed by atoms with Crippen LogP contribution in [0.3, 0.4) is 0 Å². The summed E-state index contributed by atoms with van der Waals surface area (Å²) in [6.45, 7) is 6.32. The van der Waals surface area contributed by atoms with E-state index >= 15 is 0 Å². The van der Waals surface area contributed by atoms with Crippen molar-refractivity contribution in [3.05, 3.63) is 20.8 Å². The number of carbonyl (C=O) groups is 1. The van der Waals surface area contributed by atoms with E-state index < -0.39 is 0 Å². The van der Waals surface area contributed by atoms with E-state index in [9.17, 15) is 4.79 Å². The van der Waals surface area contributed by atoms with Gasteiger partial charge in [-0.2, -0.15) is 0 Å². The number of hydrogen-bond donors (Lipinski definition) is 2. The van der Waals surface area contributed by atoms with E-state index in [-0.39, 0.29) is 5.91 Å². The number of aryl methyl sites for hydroxylation is 1. The van der Waals surface area contributed by atoms with Gasteiger partial charge in [-0.05, 0) is 53.9 Å². The van der Waals surface area contributed by atoms with E-state index in [4.69, 9.17) is 0 Å². The van der Waals surface area contributed by atoms with Gasteiger partial charge in [0, 0.05) is 44.0 Å². The molecule has 0 saturated carbocycles. The van der Waals surface area contributed by atoms with Gasteiger partial charge in [0.25, 0.3) is 0 Å². The molecule has 1 aromatic heterocycles. The van der Waals surface area contributed by atoms with Crippen LogP contribution < -0.4 is 10.6 Å². The molecule has 1 aliphatic rings. The van der Waals surface area contributed by atoms with Crippen LogP contribution in [0.2, 0.25) is 0 Å². The molecule has 4 nitrogen and oxygen atoms in total. The Bertz CT molecular complexity index is 432. The molecule has 0 spiro atoms. The largest absolute Gasteiger partial charge is 0.356 e. The highest BCUT2D eigenvalue weighted by atomic mass is 79.9. The Kier molecular flexibility index (Phi) is 7.71. The van der Waals surface area contributed by atoms with E-state index in [0.717, 1.165) is 62.3 Å². The van der Waals surface area contributed by atoms with Crippen LogP contribution in [0.1, 0.15) is 24.1 Å². The second-order valence-electron chi connectivity index (χ2n) is 5.35. The first-order valence-electron chi connectivity index (χ1n) is 7.68. The molecule has 0 bridgehead atoms. The number of piperazine rings is 1. The number of thiophene rings is 1. The molecular formula is C15H24BrN3OS. The maximum atomic E-state index is 11.7. The highest BCUT2D eigenvalue weighted by Gasteiger charge is 2.08. The number of nitrogens with one attached hydrogen (secondary N) is 2. The smallest absolute Gasteiger partial charge is 0.220 e. The van der Waals surface area contributed by atoms with Crippen LogP contribution in [-0.4, -0.2) is 50.1 Å². The minimum atomic E-state index is 0.186. The Hall–Kier alpha value is -0.430. The molecule has 6 heteroatoms. The molecule has 2 rings (SSSR count). The average Bonchev–Trinajstić information content (AvgIpc) is 2.90. The molecule has 0 radical (unpaired) electrons. The lowest BCUT2D eigenvalue weighted by Crippen LogP contribution is -2.44. The van der Waals surface area contributed by atoms with Gasteiger partial charge in [-0.3, -0.25) is 4.79 Å². The lowest BCUT2D eigenvalue weighted by atomic mass is 10.2. The van der Waals surface area contributed by atoms with Crippen molar-refractivity contribution in [3.63, 3.8) is 0 Å². The molecule has 2 heterocycles. The molecule has 1 saturated heterocycles. The van der Waals surface area contributed by atoms with Crippen molar-refractivity contribution in [1.82, 2.24) is 15.5 Å². The Morgan fingerprint density at radius 3 is 2.86 bits per heavy atom. The summed E-state index contributed by atoms with van der Waals surface area (Å²) in [4.78, 5) is 15.5. The number of hydrogen-bond acceptors (Lipinski definition) is 4. The van der Waals surface area contributed by atoms with Crippen LogP contribution in [0.15, 0.2) is 15.9 Å². The van der Waals surface area contributed by atoms with Gasteiger partial charge >= 0.3 is 0 Å². The number of nitrogens with zero attached hydrogens (tertiary/aromatic N) is 1. The van der Waals surface area contributed by atoms with Crippen LogP contribution in [0.5, 0.6) is 0 Å². The summed E-state index contributed by atoms with van der Waals surface area (Å²) < 4.78 is 1.16. The van der Waals surface area contributed by atoms with Crippen molar-refractivity contribution in [3.8, 4) is 0 Å². The molecule has 0 unspecified atom stereocenters. The molecule has 0 aromatic carbocycles. The molecule has 21 heavy (non-hydrogen) atoms. The van der Waals surface area contributed by atoms with E-state index in [1.807, 2.05) is 0 Å². The SMILES string of the molecule is O=C(CCCc1ccc(Br)s1)NCCCN1CCNCC1. The van der Waals surface area contributed by atoms with E-state index in [1.165, 1.54) is 4.88 Å². The fourth-order valence-electron chi connectivity index (χ4n) is 2.46. The van der Waals surface area contributed by atoms with E-state index in [2.05, 4.69) is 43.6 Å². The Morgan fingerprint density at radius 2 is 2.14 bits per heavy atom. The lowest BCUT2D eigenvalue weighted by molar-refractivity contribution is -0.121. The van der Waals surface area contributed by atoms with Crippen molar-refractivity contribution < 1.29 is 4.79 Å². The first-order chi connectivity index (χ1) is 10.2. The van der Waals surface area contributed by atoms with E-state index in [1.54, 1.807) is 11.3 Å². The molecular weight excluding hydrogens is 350 g/mol. The molecule has 1 aliphatic heterocycles. The molecule has 118 valence electrons. The van der Waals surface area contributed by atoms with Gasteiger partial charge < -0.3 is 15.5 Å². The Morgan fingerprint density at radius 1 is 1.33 bits per heavy atom. The van der Waals surface area contributed by atoms with Crippen LogP contribution in [-0.2, 0) is 11.2 Å². The minimum Gasteiger partial charge on any atom is -0.356 e. The minimum absolute atomic E-state index is 0.186. The van der Waals surface area contributed by atoms with Crippen molar-refractivity contribution >= 4 is 33.2 Å². The lowest BCUT2D eigenvalue weighted by Gasteiger charge is -2.27.